The van der Waals surface area contributed by atoms with Gasteiger partial charge in [0.15, 0.2) is 5.82 Å². The van der Waals surface area contributed by atoms with Gasteiger partial charge >= 0.3 is 0 Å². The van der Waals surface area contributed by atoms with Crippen molar-refractivity contribution in [2.45, 2.75) is 52.6 Å². The van der Waals surface area contributed by atoms with E-state index in [1.54, 1.807) is 0 Å². The van der Waals surface area contributed by atoms with Gasteiger partial charge in [-0.05, 0) is 30.5 Å². The molecule has 4 nitrogen and oxygen atoms in total. The van der Waals surface area contributed by atoms with Crippen molar-refractivity contribution in [2.24, 2.45) is 5.92 Å². The van der Waals surface area contributed by atoms with Crippen LogP contribution in [-0.2, 0) is 0 Å². The zero-order valence-electron chi connectivity index (χ0n) is 16.9. The number of para-hydroxylation sites is 1. The molecule has 0 fully saturated rings. The highest BCUT2D eigenvalue weighted by Gasteiger charge is 2.24. The second-order valence-electron chi connectivity index (χ2n) is 8.04. The quantitative estimate of drug-likeness (QED) is 0.693. The van der Waals surface area contributed by atoms with E-state index in [1.165, 1.54) is 11.1 Å². The molecule has 3 N–H and O–H groups in total. The fourth-order valence-electron chi connectivity index (χ4n) is 3.54. The maximum Gasteiger partial charge on any atom is 0.258 e. The third-order valence-electron chi connectivity index (χ3n) is 5.26. The van der Waals surface area contributed by atoms with Crippen molar-refractivity contribution in [3.63, 3.8) is 0 Å². The molecule has 0 aliphatic carbocycles. The maximum atomic E-state index is 12.4. The molecule has 2 aromatic carbocycles. The van der Waals surface area contributed by atoms with Gasteiger partial charge in [0.1, 0.15) is 12.1 Å². The average molecular weight is 365 g/mol. The summed E-state index contributed by atoms with van der Waals surface area (Å²) in [5.41, 5.74) is 3.34. The number of benzene rings is 2. The van der Waals surface area contributed by atoms with Gasteiger partial charge in [0.25, 0.3) is 5.56 Å². The van der Waals surface area contributed by atoms with Crippen molar-refractivity contribution in [1.29, 1.82) is 0 Å². The van der Waals surface area contributed by atoms with Crippen LogP contribution in [0.5, 0.6) is 0 Å². The molecule has 142 valence electrons. The first-order valence-electron chi connectivity index (χ1n) is 9.80. The summed E-state index contributed by atoms with van der Waals surface area (Å²) >= 11 is 0. The van der Waals surface area contributed by atoms with Crippen LogP contribution in [0.15, 0.2) is 53.3 Å². The number of aromatic amines is 1. The highest BCUT2D eigenvalue weighted by molar-refractivity contribution is 5.77. The molecule has 0 saturated heterocycles. The van der Waals surface area contributed by atoms with E-state index >= 15 is 0 Å². The molecule has 27 heavy (non-hydrogen) atoms. The van der Waals surface area contributed by atoms with Crippen molar-refractivity contribution in [3.05, 3.63) is 75.8 Å². The first-order valence-corrected chi connectivity index (χ1v) is 9.80. The molecule has 0 bridgehead atoms. The normalized spacial score (nSPS) is 14.0. The fraction of sp³-hybridized carbons (Fsp3) is 0.391. The highest BCUT2D eigenvalue weighted by Crippen LogP contribution is 2.22. The molecule has 0 unspecified atom stereocenters. The van der Waals surface area contributed by atoms with E-state index < -0.39 is 0 Å². The topological polar surface area (TPSA) is 62.4 Å². The van der Waals surface area contributed by atoms with Crippen LogP contribution in [0, 0.1) is 5.92 Å². The second-order valence-corrected chi connectivity index (χ2v) is 8.04. The predicted octanol–water partition coefficient (Wildman–Crippen LogP) is 4.07. The lowest BCUT2D eigenvalue weighted by molar-refractivity contribution is -0.738. The van der Waals surface area contributed by atoms with Crippen molar-refractivity contribution in [2.75, 3.05) is 0 Å². The number of nitrogens with zero attached hydrogens (tertiary/aromatic N) is 1. The molecular formula is C23H30N3O+. The maximum absolute atomic E-state index is 12.4. The standard InChI is InChI=1S/C23H29N3O/c1-14(2)17-10-12-18(13-11-17)21(15(3)4)24-16(5)22-25-20-9-7-6-8-19(20)23(27)26-22/h6-16,21,24H,1-5H3,(H,25,26,27)/p+1/t16-,21+/m1/s1. The van der Waals surface area contributed by atoms with Crippen LogP contribution < -0.4 is 10.9 Å². The molecule has 3 aromatic rings. The summed E-state index contributed by atoms with van der Waals surface area (Å²) in [6, 6.07) is 16.8. The Morgan fingerprint density at radius 2 is 1.52 bits per heavy atom. The minimum Gasteiger partial charge on any atom is -0.331 e. The largest absolute Gasteiger partial charge is 0.331 e. The summed E-state index contributed by atoms with van der Waals surface area (Å²) in [7, 11) is 0. The van der Waals surface area contributed by atoms with Gasteiger partial charge in [0, 0.05) is 11.5 Å². The lowest BCUT2D eigenvalue weighted by Gasteiger charge is -2.23. The molecule has 1 aromatic heterocycles. The van der Waals surface area contributed by atoms with Gasteiger partial charge in [-0.1, -0.05) is 64.1 Å². The Morgan fingerprint density at radius 3 is 2.15 bits per heavy atom. The Morgan fingerprint density at radius 1 is 0.889 bits per heavy atom. The zero-order valence-corrected chi connectivity index (χ0v) is 16.9. The van der Waals surface area contributed by atoms with E-state index in [0.717, 1.165) is 11.3 Å². The number of hydrogen-bond donors (Lipinski definition) is 2. The van der Waals surface area contributed by atoms with E-state index in [1.807, 2.05) is 24.3 Å². The Labute approximate surface area is 161 Å². The summed E-state index contributed by atoms with van der Waals surface area (Å²) in [4.78, 5) is 20.0. The third-order valence-corrected chi connectivity index (χ3v) is 5.26. The van der Waals surface area contributed by atoms with Crippen molar-refractivity contribution in [1.82, 2.24) is 9.97 Å². The van der Waals surface area contributed by atoms with Crippen LogP contribution in [0.2, 0.25) is 0 Å². The number of rotatable bonds is 6. The number of H-pyrrole nitrogens is 1. The van der Waals surface area contributed by atoms with Gasteiger partial charge in [-0.3, -0.25) is 4.79 Å². The number of quaternary nitrogens is 1. The fourth-order valence-corrected chi connectivity index (χ4v) is 3.54. The van der Waals surface area contributed by atoms with Gasteiger partial charge in [0.2, 0.25) is 0 Å². The molecule has 4 heteroatoms. The monoisotopic (exact) mass is 364 g/mol. The van der Waals surface area contributed by atoms with E-state index in [2.05, 4.69) is 69.2 Å². The van der Waals surface area contributed by atoms with E-state index in [-0.39, 0.29) is 11.6 Å². The molecule has 2 atom stereocenters. The number of hydrogen-bond acceptors (Lipinski definition) is 2. The summed E-state index contributed by atoms with van der Waals surface area (Å²) in [6.07, 6.45) is 0. The Balaban J connectivity index is 1.87. The number of aromatic nitrogens is 2. The third kappa shape index (κ3) is 4.28. The zero-order chi connectivity index (χ0) is 19.6. The van der Waals surface area contributed by atoms with Gasteiger partial charge in [-0.2, -0.15) is 0 Å². The van der Waals surface area contributed by atoms with Gasteiger partial charge in [-0.15, -0.1) is 0 Å². The molecule has 0 spiro atoms. The molecule has 1 heterocycles. The molecule has 0 aliphatic rings. The van der Waals surface area contributed by atoms with Gasteiger partial charge in [0.05, 0.1) is 10.9 Å². The molecule has 0 saturated carbocycles. The Bertz CT molecular complexity index is 957. The summed E-state index contributed by atoms with van der Waals surface area (Å²) in [5.74, 6) is 1.72. The SMILES string of the molecule is CC(C)c1ccc([C@@H]([NH2+][C@H](C)c2nc3ccccc3c(=O)[nH]2)C(C)C)cc1. The van der Waals surface area contributed by atoms with Crippen molar-refractivity contribution < 1.29 is 5.32 Å². The lowest BCUT2D eigenvalue weighted by Crippen LogP contribution is -2.87. The van der Waals surface area contributed by atoms with E-state index in [4.69, 9.17) is 4.98 Å². The summed E-state index contributed by atoms with van der Waals surface area (Å²) in [5, 5.41) is 2.94. The molecule has 0 radical (unpaired) electrons. The Hall–Kier alpha value is -2.46. The van der Waals surface area contributed by atoms with Crippen LogP contribution >= 0.6 is 0 Å². The second kappa shape index (κ2) is 8.05. The van der Waals surface area contributed by atoms with Crippen LogP contribution in [0.3, 0.4) is 0 Å². The average Bonchev–Trinajstić information content (AvgIpc) is 2.65. The van der Waals surface area contributed by atoms with Gasteiger partial charge in [-0.25, -0.2) is 4.98 Å². The lowest BCUT2D eigenvalue weighted by atomic mass is 9.93. The molecule has 3 rings (SSSR count). The van der Waals surface area contributed by atoms with Gasteiger partial charge < -0.3 is 10.3 Å². The number of nitrogens with two attached hydrogens (primary N) is 1. The highest BCUT2D eigenvalue weighted by atomic mass is 16.1. The van der Waals surface area contributed by atoms with E-state index in [0.29, 0.717) is 23.3 Å². The van der Waals surface area contributed by atoms with E-state index in [9.17, 15) is 4.79 Å². The van der Waals surface area contributed by atoms with Crippen LogP contribution in [-0.4, -0.2) is 9.97 Å². The molecular weight excluding hydrogens is 334 g/mol. The molecule has 0 amide bonds. The van der Waals surface area contributed by atoms with Crippen LogP contribution in [0.4, 0.5) is 0 Å². The first kappa shape index (κ1) is 19.3. The first-order chi connectivity index (χ1) is 12.9. The summed E-state index contributed by atoms with van der Waals surface area (Å²) < 4.78 is 0. The summed E-state index contributed by atoms with van der Waals surface area (Å²) in [6.45, 7) is 11.0. The Kier molecular flexibility index (Phi) is 5.76. The minimum atomic E-state index is -0.0711. The van der Waals surface area contributed by atoms with Crippen molar-refractivity contribution in [3.8, 4) is 0 Å². The number of fused-ring (bicyclic) bond motifs is 1. The van der Waals surface area contributed by atoms with Crippen LogP contribution in [0.1, 0.15) is 69.6 Å². The molecule has 0 aliphatic heterocycles. The minimum absolute atomic E-state index is 0.0551. The number of nitrogens with one attached hydrogen (secondary N) is 1. The van der Waals surface area contributed by atoms with Crippen LogP contribution in [0.25, 0.3) is 10.9 Å². The predicted molar refractivity (Wildman–Crippen MR) is 111 cm³/mol. The smallest absolute Gasteiger partial charge is 0.258 e. The van der Waals surface area contributed by atoms with Crippen molar-refractivity contribution >= 4 is 10.9 Å².